The molecule has 110 valence electrons. The molecule has 5 heteroatoms. The van der Waals surface area contributed by atoms with Crippen LogP contribution in [0.25, 0.3) is 0 Å². The van der Waals surface area contributed by atoms with Crippen molar-refractivity contribution in [3.8, 4) is 0 Å². The van der Waals surface area contributed by atoms with E-state index in [1.54, 1.807) is 6.20 Å². The average Bonchev–Trinajstić information content (AvgIpc) is 2.93. The van der Waals surface area contributed by atoms with E-state index >= 15 is 0 Å². The van der Waals surface area contributed by atoms with Crippen LogP contribution in [-0.2, 0) is 9.53 Å². The monoisotopic (exact) mass is 302 g/mol. The third-order valence-electron chi connectivity index (χ3n) is 3.64. The molecule has 1 amide bonds. The second kappa shape index (κ2) is 6.37. The number of ether oxygens (including phenoxy) is 1. The second-order valence-electron chi connectivity index (χ2n) is 5.22. The van der Waals surface area contributed by atoms with Crippen LogP contribution in [-0.4, -0.2) is 17.5 Å². The minimum Gasteiger partial charge on any atom is -0.373 e. The van der Waals surface area contributed by atoms with Gasteiger partial charge in [-0.2, -0.15) is 0 Å². The zero-order chi connectivity index (χ0) is 14.7. The third kappa shape index (κ3) is 3.31. The summed E-state index contributed by atoms with van der Waals surface area (Å²) in [5.74, 6) is -0.164. The molecule has 0 spiro atoms. The van der Waals surface area contributed by atoms with Crippen LogP contribution in [0.15, 0.2) is 36.5 Å². The molecule has 2 heterocycles. The molecule has 1 aliphatic rings. The summed E-state index contributed by atoms with van der Waals surface area (Å²) in [4.78, 5) is 17.8. The molecule has 0 bridgehead atoms. The van der Waals surface area contributed by atoms with E-state index in [4.69, 9.17) is 4.74 Å². The first-order valence-corrected chi connectivity index (χ1v) is 7.95. The van der Waals surface area contributed by atoms with Crippen molar-refractivity contribution in [3.05, 3.63) is 47.0 Å². The van der Waals surface area contributed by atoms with Crippen molar-refractivity contribution in [2.24, 2.45) is 5.92 Å². The lowest BCUT2D eigenvalue weighted by molar-refractivity contribution is -0.129. The number of anilines is 1. The van der Waals surface area contributed by atoms with Crippen molar-refractivity contribution in [3.63, 3.8) is 0 Å². The van der Waals surface area contributed by atoms with Crippen molar-refractivity contribution in [2.75, 3.05) is 11.9 Å². The van der Waals surface area contributed by atoms with Gasteiger partial charge in [-0.1, -0.05) is 30.3 Å². The summed E-state index contributed by atoms with van der Waals surface area (Å²) in [6, 6.07) is 9.96. The Balaban J connectivity index is 1.76. The Morgan fingerprint density at radius 3 is 2.90 bits per heavy atom. The molecule has 21 heavy (non-hydrogen) atoms. The minimum atomic E-state index is -0.166. The number of rotatable bonds is 3. The van der Waals surface area contributed by atoms with E-state index in [2.05, 4.69) is 10.3 Å². The van der Waals surface area contributed by atoms with Crippen LogP contribution in [0.1, 0.15) is 29.4 Å². The maximum absolute atomic E-state index is 12.5. The molecule has 1 saturated heterocycles. The lowest BCUT2D eigenvalue weighted by Crippen LogP contribution is -2.33. The lowest BCUT2D eigenvalue weighted by atomic mass is 9.89. The van der Waals surface area contributed by atoms with Crippen LogP contribution in [0.3, 0.4) is 0 Å². The molecule has 1 aliphatic heterocycles. The first kappa shape index (κ1) is 14.2. The number of benzene rings is 1. The van der Waals surface area contributed by atoms with Crippen molar-refractivity contribution in [2.45, 2.75) is 25.9 Å². The van der Waals surface area contributed by atoms with Gasteiger partial charge in [0.25, 0.3) is 0 Å². The molecule has 0 unspecified atom stereocenters. The zero-order valence-corrected chi connectivity index (χ0v) is 12.7. The van der Waals surface area contributed by atoms with E-state index in [-0.39, 0.29) is 17.9 Å². The number of amides is 1. The van der Waals surface area contributed by atoms with Gasteiger partial charge in [-0.3, -0.25) is 4.79 Å². The molecule has 0 saturated carbocycles. The van der Waals surface area contributed by atoms with Crippen molar-refractivity contribution >= 4 is 22.4 Å². The SMILES string of the molecule is Cc1cnc(NC(=O)[C@H]2CCCO[C@@H]2c2ccccc2)s1. The van der Waals surface area contributed by atoms with Gasteiger partial charge in [0.15, 0.2) is 5.13 Å². The molecule has 0 aliphatic carbocycles. The lowest BCUT2D eigenvalue weighted by Gasteiger charge is -2.30. The normalized spacial score (nSPS) is 22.0. The van der Waals surface area contributed by atoms with E-state index in [1.807, 2.05) is 37.3 Å². The maximum Gasteiger partial charge on any atom is 0.232 e. The Bertz CT molecular complexity index is 612. The molecule has 4 nitrogen and oxygen atoms in total. The summed E-state index contributed by atoms with van der Waals surface area (Å²) in [7, 11) is 0. The fourth-order valence-electron chi connectivity index (χ4n) is 2.63. The predicted molar refractivity (Wildman–Crippen MR) is 83.3 cm³/mol. The number of hydrogen-bond acceptors (Lipinski definition) is 4. The van der Waals surface area contributed by atoms with Gasteiger partial charge in [0.05, 0.1) is 12.0 Å². The van der Waals surface area contributed by atoms with E-state index in [0.717, 1.165) is 23.3 Å². The highest BCUT2D eigenvalue weighted by atomic mass is 32.1. The summed E-state index contributed by atoms with van der Waals surface area (Å²) in [5.41, 5.74) is 1.06. The number of carbonyl (C=O) groups is 1. The van der Waals surface area contributed by atoms with Crippen LogP contribution in [0.2, 0.25) is 0 Å². The molecule has 1 N–H and O–H groups in total. The van der Waals surface area contributed by atoms with Gasteiger partial charge in [0.2, 0.25) is 5.91 Å². The highest BCUT2D eigenvalue weighted by molar-refractivity contribution is 7.15. The topological polar surface area (TPSA) is 51.2 Å². The standard InChI is InChI=1S/C16H18N2O2S/c1-11-10-17-16(21-11)18-15(19)13-8-5-9-20-14(13)12-6-3-2-4-7-12/h2-4,6-7,10,13-14H,5,8-9H2,1H3,(H,17,18,19)/t13-,14+/m0/s1. The number of aromatic nitrogens is 1. The van der Waals surface area contributed by atoms with Gasteiger partial charge in [0, 0.05) is 17.7 Å². The predicted octanol–water partition coefficient (Wildman–Crippen LogP) is 3.56. The van der Waals surface area contributed by atoms with Gasteiger partial charge in [-0.25, -0.2) is 4.98 Å². The van der Waals surface area contributed by atoms with Gasteiger partial charge in [0.1, 0.15) is 0 Å². The zero-order valence-electron chi connectivity index (χ0n) is 11.9. The van der Waals surface area contributed by atoms with Crippen LogP contribution in [0, 0.1) is 12.8 Å². The molecule has 1 aromatic carbocycles. The number of nitrogens with zero attached hydrogens (tertiary/aromatic N) is 1. The second-order valence-corrected chi connectivity index (χ2v) is 6.45. The number of hydrogen-bond donors (Lipinski definition) is 1. The number of carbonyl (C=O) groups excluding carboxylic acids is 1. The molecular weight excluding hydrogens is 284 g/mol. The Labute approximate surface area is 128 Å². The van der Waals surface area contributed by atoms with Crippen molar-refractivity contribution < 1.29 is 9.53 Å². The van der Waals surface area contributed by atoms with Crippen LogP contribution < -0.4 is 5.32 Å². The van der Waals surface area contributed by atoms with E-state index in [0.29, 0.717) is 11.7 Å². The summed E-state index contributed by atoms with van der Waals surface area (Å²) in [6.45, 7) is 2.68. The summed E-state index contributed by atoms with van der Waals surface area (Å²) < 4.78 is 5.86. The van der Waals surface area contributed by atoms with E-state index < -0.39 is 0 Å². The van der Waals surface area contributed by atoms with Crippen LogP contribution >= 0.6 is 11.3 Å². The molecule has 0 radical (unpaired) electrons. The van der Waals surface area contributed by atoms with Crippen LogP contribution in [0.5, 0.6) is 0 Å². The number of thiazole rings is 1. The molecule has 2 aromatic rings. The summed E-state index contributed by atoms with van der Waals surface area (Å²) >= 11 is 1.49. The highest BCUT2D eigenvalue weighted by Crippen LogP contribution is 2.34. The molecular formula is C16H18N2O2S. The van der Waals surface area contributed by atoms with Gasteiger partial charge < -0.3 is 10.1 Å². The third-order valence-corrected chi connectivity index (χ3v) is 4.47. The molecule has 2 atom stereocenters. The maximum atomic E-state index is 12.5. The fourth-order valence-corrected chi connectivity index (χ4v) is 3.30. The molecule has 3 rings (SSSR count). The number of aryl methyl sites for hydroxylation is 1. The van der Waals surface area contributed by atoms with Crippen molar-refractivity contribution in [1.82, 2.24) is 4.98 Å². The summed E-state index contributed by atoms with van der Waals surface area (Å²) in [5, 5.41) is 3.58. The van der Waals surface area contributed by atoms with E-state index in [9.17, 15) is 4.79 Å². The molecule has 1 aromatic heterocycles. The molecule has 1 fully saturated rings. The first-order chi connectivity index (χ1) is 10.2. The number of nitrogens with one attached hydrogen (secondary N) is 1. The van der Waals surface area contributed by atoms with Crippen molar-refractivity contribution in [1.29, 1.82) is 0 Å². The first-order valence-electron chi connectivity index (χ1n) is 7.14. The fraction of sp³-hybridized carbons (Fsp3) is 0.375. The Hall–Kier alpha value is -1.72. The Morgan fingerprint density at radius 1 is 1.38 bits per heavy atom. The smallest absolute Gasteiger partial charge is 0.232 e. The summed E-state index contributed by atoms with van der Waals surface area (Å²) in [6.07, 6.45) is 3.36. The van der Waals surface area contributed by atoms with Crippen LogP contribution in [0.4, 0.5) is 5.13 Å². The Morgan fingerprint density at radius 2 is 2.19 bits per heavy atom. The van der Waals surface area contributed by atoms with Gasteiger partial charge in [-0.15, -0.1) is 11.3 Å². The largest absolute Gasteiger partial charge is 0.373 e. The minimum absolute atomic E-state index is 0.00194. The van der Waals surface area contributed by atoms with E-state index in [1.165, 1.54) is 11.3 Å². The quantitative estimate of drug-likeness (QED) is 0.943. The highest BCUT2D eigenvalue weighted by Gasteiger charge is 2.33. The Kier molecular flexibility index (Phi) is 4.31. The van der Waals surface area contributed by atoms with Gasteiger partial charge >= 0.3 is 0 Å². The average molecular weight is 302 g/mol. The van der Waals surface area contributed by atoms with Gasteiger partial charge in [-0.05, 0) is 25.3 Å².